The van der Waals surface area contributed by atoms with Gasteiger partial charge in [-0.2, -0.15) is 0 Å². The number of hydrogen-bond acceptors (Lipinski definition) is 4. The van der Waals surface area contributed by atoms with Gasteiger partial charge in [0.1, 0.15) is 6.61 Å². The Hall–Kier alpha value is -2.41. The Balaban J connectivity index is 1.52. The molecule has 7 heteroatoms. The first-order chi connectivity index (χ1) is 13.1. The maximum absolute atomic E-state index is 12.5. The smallest absolute Gasteiger partial charge is 0.251 e. The van der Waals surface area contributed by atoms with Crippen molar-refractivity contribution in [3.05, 3.63) is 70.7 Å². The number of nitrogens with one attached hydrogen (secondary N) is 2. The second kappa shape index (κ2) is 9.50. The van der Waals surface area contributed by atoms with E-state index in [0.717, 1.165) is 5.56 Å². The van der Waals surface area contributed by atoms with Gasteiger partial charge in [-0.3, -0.25) is 9.59 Å². The van der Waals surface area contributed by atoms with Crippen LogP contribution in [0.1, 0.15) is 17.2 Å². The number of carbonyl (C=O) groups excluding carboxylic acids is 2. The molecule has 2 atom stereocenters. The van der Waals surface area contributed by atoms with Crippen LogP contribution in [0.2, 0.25) is 5.02 Å². The van der Waals surface area contributed by atoms with Gasteiger partial charge in [0.05, 0.1) is 19.3 Å². The third kappa shape index (κ3) is 5.29. The van der Waals surface area contributed by atoms with Crippen molar-refractivity contribution in [3.63, 3.8) is 0 Å². The van der Waals surface area contributed by atoms with Crippen molar-refractivity contribution in [1.82, 2.24) is 10.6 Å². The maximum Gasteiger partial charge on any atom is 0.251 e. The molecule has 0 aliphatic carbocycles. The quantitative estimate of drug-likeness (QED) is 0.713. The first-order valence-electron chi connectivity index (χ1n) is 8.70. The molecule has 3 rings (SSSR count). The lowest BCUT2D eigenvalue weighted by atomic mass is 9.99. The molecule has 0 aromatic heterocycles. The van der Waals surface area contributed by atoms with Gasteiger partial charge in [-0.05, 0) is 17.2 Å². The van der Waals surface area contributed by atoms with E-state index < -0.39 is 12.1 Å². The minimum Gasteiger partial charge on any atom is -0.375 e. The van der Waals surface area contributed by atoms with Crippen LogP contribution in [0.25, 0.3) is 0 Å². The Labute approximate surface area is 162 Å². The molecule has 1 aliphatic heterocycles. The molecule has 0 radical (unpaired) electrons. The molecule has 6 nitrogen and oxygen atoms in total. The summed E-state index contributed by atoms with van der Waals surface area (Å²) in [6.07, 6.45) is -0.850. The summed E-state index contributed by atoms with van der Waals surface area (Å²) in [5.74, 6) is -0.599. The van der Waals surface area contributed by atoms with Gasteiger partial charge in [-0.25, -0.2) is 0 Å². The highest BCUT2D eigenvalue weighted by Crippen LogP contribution is 2.28. The van der Waals surface area contributed by atoms with Gasteiger partial charge in [0, 0.05) is 11.6 Å². The number of rotatable bonds is 7. The van der Waals surface area contributed by atoms with E-state index >= 15 is 0 Å². The van der Waals surface area contributed by atoms with Crippen molar-refractivity contribution in [1.29, 1.82) is 0 Å². The molecule has 0 saturated carbocycles. The molecule has 1 saturated heterocycles. The molecule has 1 heterocycles. The van der Waals surface area contributed by atoms with Crippen LogP contribution in [-0.2, 0) is 25.7 Å². The van der Waals surface area contributed by atoms with Gasteiger partial charge >= 0.3 is 0 Å². The first-order valence-corrected chi connectivity index (χ1v) is 9.07. The summed E-state index contributed by atoms with van der Waals surface area (Å²) in [4.78, 5) is 24.3. The van der Waals surface area contributed by atoms with E-state index in [0.29, 0.717) is 30.3 Å². The largest absolute Gasteiger partial charge is 0.375 e. The maximum atomic E-state index is 12.5. The molecule has 1 aliphatic rings. The SMILES string of the molecule is O=C1CO[C@H](C(=O)NCCOCc2ccccc2)[C@@H](c2ccccc2Cl)N1. The van der Waals surface area contributed by atoms with Crippen molar-refractivity contribution < 1.29 is 19.1 Å². The topological polar surface area (TPSA) is 76.7 Å². The van der Waals surface area contributed by atoms with Gasteiger partial charge in [-0.15, -0.1) is 0 Å². The van der Waals surface area contributed by atoms with Crippen LogP contribution in [0, 0.1) is 0 Å². The number of carbonyl (C=O) groups is 2. The fourth-order valence-electron chi connectivity index (χ4n) is 2.86. The summed E-state index contributed by atoms with van der Waals surface area (Å²) in [5.41, 5.74) is 1.72. The molecule has 2 N–H and O–H groups in total. The summed E-state index contributed by atoms with van der Waals surface area (Å²) in [6, 6.07) is 16.2. The molecule has 142 valence electrons. The lowest BCUT2D eigenvalue weighted by molar-refractivity contribution is -0.148. The summed E-state index contributed by atoms with van der Waals surface area (Å²) in [5, 5.41) is 6.05. The highest BCUT2D eigenvalue weighted by atomic mass is 35.5. The average molecular weight is 389 g/mol. The highest BCUT2D eigenvalue weighted by Gasteiger charge is 2.36. The molecular formula is C20H21ClN2O4. The van der Waals surface area contributed by atoms with Crippen LogP contribution in [0.15, 0.2) is 54.6 Å². The second-order valence-corrected chi connectivity index (χ2v) is 6.53. The molecule has 1 fully saturated rings. The van der Waals surface area contributed by atoms with Gasteiger partial charge in [0.25, 0.3) is 5.91 Å². The van der Waals surface area contributed by atoms with Crippen molar-refractivity contribution in [3.8, 4) is 0 Å². The number of benzene rings is 2. The Bertz CT molecular complexity index is 785. The highest BCUT2D eigenvalue weighted by molar-refractivity contribution is 6.31. The van der Waals surface area contributed by atoms with Crippen molar-refractivity contribution in [2.75, 3.05) is 19.8 Å². The second-order valence-electron chi connectivity index (χ2n) is 6.13. The van der Waals surface area contributed by atoms with Crippen LogP contribution in [0.4, 0.5) is 0 Å². The van der Waals surface area contributed by atoms with Crippen LogP contribution in [-0.4, -0.2) is 37.7 Å². The molecule has 2 aromatic rings. The number of morpholine rings is 1. The lowest BCUT2D eigenvalue weighted by Gasteiger charge is -2.32. The fraction of sp³-hybridized carbons (Fsp3) is 0.300. The Morgan fingerprint density at radius 3 is 2.70 bits per heavy atom. The molecule has 2 aromatic carbocycles. The number of ether oxygens (including phenoxy) is 2. The minimum absolute atomic E-state index is 0.163. The third-order valence-corrected chi connectivity index (χ3v) is 4.51. The van der Waals surface area contributed by atoms with Crippen molar-refractivity contribution in [2.24, 2.45) is 0 Å². The predicted octanol–water partition coefficient (Wildman–Crippen LogP) is 2.23. The Morgan fingerprint density at radius 1 is 1.19 bits per heavy atom. The standard InChI is InChI=1S/C20H21ClN2O4/c21-16-9-5-4-8-15(16)18-19(27-13-17(24)23-18)20(25)22-10-11-26-12-14-6-2-1-3-7-14/h1-9,18-19H,10-13H2,(H,22,25)(H,23,24)/t18-,19+/m1/s1. The average Bonchev–Trinajstić information content (AvgIpc) is 2.68. The van der Waals surface area contributed by atoms with E-state index in [2.05, 4.69) is 10.6 Å². The van der Waals surface area contributed by atoms with Crippen LogP contribution < -0.4 is 10.6 Å². The zero-order chi connectivity index (χ0) is 19.1. The number of hydrogen-bond donors (Lipinski definition) is 2. The summed E-state index contributed by atoms with van der Waals surface area (Å²) in [6.45, 7) is 1.03. The van der Waals surface area contributed by atoms with Crippen molar-refractivity contribution in [2.45, 2.75) is 18.8 Å². The van der Waals surface area contributed by atoms with E-state index in [1.165, 1.54) is 0 Å². The predicted molar refractivity (Wildman–Crippen MR) is 101 cm³/mol. The monoisotopic (exact) mass is 388 g/mol. The van der Waals surface area contributed by atoms with E-state index in [9.17, 15) is 9.59 Å². The molecular weight excluding hydrogens is 368 g/mol. The van der Waals surface area contributed by atoms with Gasteiger partial charge < -0.3 is 20.1 Å². The minimum atomic E-state index is -0.850. The molecule has 27 heavy (non-hydrogen) atoms. The summed E-state index contributed by atoms with van der Waals surface area (Å²) < 4.78 is 11.0. The molecule has 2 amide bonds. The van der Waals surface area contributed by atoms with Gasteiger partial charge in [0.2, 0.25) is 5.91 Å². The van der Waals surface area contributed by atoms with Crippen LogP contribution >= 0.6 is 11.6 Å². The first kappa shape index (κ1) is 19.4. The fourth-order valence-corrected chi connectivity index (χ4v) is 3.11. The Morgan fingerprint density at radius 2 is 1.93 bits per heavy atom. The van der Waals surface area contributed by atoms with E-state index in [1.807, 2.05) is 30.3 Å². The molecule has 0 spiro atoms. The molecule has 0 unspecified atom stereocenters. The number of amides is 2. The normalized spacial score (nSPS) is 19.4. The van der Waals surface area contributed by atoms with Crippen LogP contribution in [0.5, 0.6) is 0 Å². The van der Waals surface area contributed by atoms with Crippen LogP contribution in [0.3, 0.4) is 0 Å². The van der Waals surface area contributed by atoms with E-state index in [4.69, 9.17) is 21.1 Å². The van der Waals surface area contributed by atoms with Gasteiger partial charge in [0.15, 0.2) is 6.10 Å². The van der Waals surface area contributed by atoms with Gasteiger partial charge in [-0.1, -0.05) is 60.1 Å². The number of halogens is 1. The Kier molecular flexibility index (Phi) is 6.81. The van der Waals surface area contributed by atoms with E-state index in [1.54, 1.807) is 24.3 Å². The summed E-state index contributed by atoms with van der Waals surface area (Å²) >= 11 is 6.22. The van der Waals surface area contributed by atoms with E-state index in [-0.39, 0.29) is 18.4 Å². The summed E-state index contributed by atoms with van der Waals surface area (Å²) in [7, 11) is 0. The zero-order valence-electron chi connectivity index (χ0n) is 14.7. The van der Waals surface area contributed by atoms with Crippen molar-refractivity contribution >= 4 is 23.4 Å². The molecule has 0 bridgehead atoms. The zero-order valence-corrected chi connectivity index (χ0v) is 15.4. The lowest BCUT2D eigenvalue weighted by Crippen LogP contribution is -2.52. The third-order valence-electron chi connectivity index (χ3n) is 4.17.